The molecule has 5 rings (SSSR count). The van der Waals surface area contributed by atoms with E-state index in [9.17, 15) is 14.4 Å². The third-order valence-electron chi connectivity index (χ3n) is 6.56. The van der Waals surface area contributed by atoms with Gasteiger partial charge in [0.15, 0.2) is 11.5 Å². The number of anilines is 2. The average molecular weight is 450 g/mol. The summed E-state index contributed by atoms with van der Waals surface area (Å²) in [6.45, 7) is 3.52. The minimum Gasteiger partial charge on any atom is -0.490 e. The summed E-state index contributed by atoms with van der Waals surface area (Å²) in [4.78, 5) is 42.0. The van der Waals surface area contributed by atoms with Crippen molar-refractivity contribution in [3.8, 4) is 11.5 Å². The predicted octanol–water partition coefficient (Wildman–Crippen LogP) is 3.57. The number of carbonyl (C=O) groups is 3. The van der Waals surface area contributed by atoms with Crippen LogP contribution in [0.3, 0.4) is 0 Å². The summed E-state index contributed by atoms with van der Waals surface area (Å²) in [5, 5.41) is 2.90. The molecule has 1 unspecified atom stereocenters. The zero-order valence-corrected chi connectivity index (χ0v) is 18.6. The fourth-order valence-corrected chi connectivity index (χ4v) is 4.90. The van der Waals surface area contributed by atoms with Crippen molar-refractivity contribution in [1.29, 1.82) is 0 Å². The van der Waals surface area contributed by atoms with E-state index in [0.29, 0.717) is 67.5 Å². The van der Waals surface area contributed by atoms with E-state index in [1.54, 1.807) is 40.1 Å². The van der Waals surface area contributed by atoms with Crippen LogP contribution in [0.15, 0.2) is 42.5 Å². The predicted molar refractivity (Wildman–Crippen MR) is 123 cm³/mol. The lowest BCUT2D eigenvalue weighted by molar-refractivity contribution is -0.118. The Bertz CT molecular complexity index is 1120. The SMILES string of the molecule is CC12CCC(=O)N1c1ccccc1C(=O)N2CCCC(=O)Nc1ccc2c(c1)OCCCO2. The van der Waals surface area contributed by atoms with Crippen LogP contribution in [0.2, 0.25) is 0 Å². The Balaban J connectivity index is 1.24. The summed E-state index contributed by atoms with van der Waals surface area (Å²) in [5.74, 6) is 1.09. The molecule has 1 fully saturated rings. The van der Waals surface area contributed by atoms with Crippen LogP contribution in [-0.4, -0.2) is 48.0 Å². The molecule has 172 valence electrons. The van der Waals surface area contributed by atoms with Gasteiger partial charge in [0, 0.05) is 37.6 Å². The molecule has 0 aliphatic carbocycles. The molecule has 8 heteroatoms. The van der Waals surface area contributed by atoms with E-state index in [-0.39, 0.29) is 24.1 Å². The Hall–Kier alpha value is -3.55. The van der Waals surface area contributed by atoms with Crippen molar-refractivity contribution in [3.05, 3.63) is 48.0 Å². The molecule has 3 amide bonds. The molecule has 1 N–H and O–H groups in total. The van der Waals surface area contributed by atoms with Crippen LogP contribution in [0, 0.1) is 0 Å². The largest absolute Gasteiger partial charge is 0.490 e. The Morgan fingerprint density at radius 3 is 2.73 bits per heavy atom. The highest BCUT2D eigenvalue weighted by Gasteiger charge is 2.52. The standard InChI is InChI=1S/C25H27N3O5/c1-25-12-11-23(30)28(25)19-7-3-2-6-18(19)24(31)27(25)13-4-8-22(29)26-17-9-10-20-21(16-17)33-15-5-14-32-20/h2-3,6-7,9-10,16H,4-5,8,11-15H2,1H3,(H,26,29). The van der Waals surface area contributed by atoms with Crippen molar-refractivity contribution in [3.63, 3.8) is 0 Å². The van der Waals surface area contributed by atoms with Gasteiger partial charge in [0.05, 0.1) is 24.5 Å². The van der Waals surface area contributed by atoms with Gasteiger partial charge >= 0.3 is 0 Å². The van der Waals surface area contributed by atoms with Crippen molar-refractivity contribution in [2.75, 3.05) is 30.0 Å². The first-order chi connectivity index (χ1) is 16.0. The van der Waals surface area contributed by atoms with Crippen molar-refractivity contribution in [1.82, 2.24) is 4.90 Å². The van der Waals surface area contributed by atoms with Crippen LogP contribution in [0.25, 0.3) is 0 Å². The van der Waals surface area contributed by atoms with Crippen molar-refractivity contribution in [2.45, 2.75) is 44.7 Å². The van der Waals surface area contributed by atoms with Gasteiger partial charge in [-0.3, -0.25) is 19.3 Å². The molecule has 3 aliphatic heterocycles. The lowest BCUT2D eigenvalue weighted by Gasteiger charge is -2.48. The number of carbonyl (C=O) groups excluding carboxylic acids is 3. The first-order valence-corrected chi connectivity index (χ1v) is 11.4. The van der Waals surface area contributed by atoms with Crippen LogP contribution in [0.5, 0.6) is 11.5 Å². The number of hydrogen-bond acceptors (Lipinski definition) is 5. The number of benzene rings is 2. The van der Waals surface area contributed by atoms with Gasteiger partial charge < -0.3 is 19.7 Å². The van der Waals surface area contributed by atoms with Crippen LogP contribution >= 0.6 is 0 Å². The first-order valence-electron chi connectivity index (χ1n) is 11.4. The summed E-state index contributed by atoms with van der Waals surface area (Å²) in [6, 6.07) is 12.6. The minimum atomic E-state index is -0.701. The fraction of sp³-hybridized carbons (Fsp3) is 0.400. The van der Waals surface area contributed by atoms with E-state index < -0.39 is 5.66 Å². The second-order valence-corrected chi connectivity index (χ2v) is 8.78. The smallest absolute Gasteiger partial charge is 0.257 e. The minimum absolute atomic E-state index is 0.0228. The van der Waals surface area contributed by atoms with Crippen LogP contribution in [0.1, 0.15) is 49.4 Å². The van der Waals surface area contributed by atoms with E-state index in [1.165, 1.54) is 0 Å². The van der Waals surface area contributed by atoms with Crippen molar-refractivity contribution >= 4 is 29.1 Å². The van der Waals surface area contributed by atoms with Crippen molar-refractivity contribution < 1.29 is 23.9 Å². The Morgan fingerprint density at radius 1 is 1.09 bits per heavy atom. The van der Waals surface area contributed by atoms with Crippen LogP contribution < -0.4 is 19.7 Å². The number of para-hydroxylation sites is 1. The fourth-order valence-electron chi connectivity index (χ4n) is 4.90. The third-order valence-corrected chi connectivity index (χ3v) is 6.56. The van der Waals surface area contributed by atoms with E-state index in [2.05, 4.69) is 5.32 Å². The molecule has 2 aromatic carbocycles. The van der Waals surface area contributed by atoms with Gasteiger partial charge in [-0.25, -0.2) is 0 Å². The lowest BCUT2D eigenvalue weighted by atomic mass is 9.98. The van der Waals surface area contributed by atoms with Gasteiger partial charge in [0.25, 0.3) is 5.91 Å². The van der Waals surface area contributed by atoms with Gasteiger partial charge in [-0.05, 0) is 44.0 Å². The lowest BCUT2D eigenvalue weighted by Crippen LogP contribution is -2.62. The molecular weight excluding hydrogens is 422 g/mol. The van der Waals surface area contributed by atoms with Gasteiger partial charge in [-0.2, -0.15) is 0 Å². The maximum Gasteiger partial charge on any atom is 0.257 e. The number of hydrogen-bond donors (Lipinski definition) is 1. The highest BCUT2D eigenvalue weighted by Crippen LogP contribution is 2.44. The molecule has 1 saturated heterocycles. The first kappa shape index (κ1) is 21.3. The molecule has 8 nitrogen and oxygen atoms in total. The number of ether oxygens (including phenoxy) is 2. The summed E-state index contributed by atoms with van der Waals surface area (Å²) in [7, 11) is 0. The summed E-state index contributed by atoms with van der Waals surface area (Å²) >= 11 is 0. The number of nitrogens with one attached hydrogen (secondary N) is 1. The van der Waals surface area contributed by atoms with Crippen LogP contribution in [0.4, 0.5) is 11.4 Å². The normalized spacial score (nSPS) is 21.4. The maximum atomic E-state index is 13.3. The number of nitrogens with zero attached hydrogens (tertiary/aromatic N) is 2. The monoisotopic (exact) mass is 449 g/mol. The highest BCUT2D eigenvalue weighted by molar-refractivity contribution is 6.10. The summed E-state index contributed by atoms with van der Waals surface area (Å²) in [6.07, 6.45) is 2.54. The number of rotatable bonds is 5. The molecule has 0 aromatic heterocycles. The Kier molecular flexibility index (Phi) is 5.44. The van der Waals surface area contributed by atoms with E-state index in [1.807, 2.05) is 19.1 Å². The zero-order chi connectivity index (χ0) is 23.0. The van der Waals surface area contributed by atoms with Crippen LogP contribution in [-0.2, 0) is 9.59 Å². The molecule has 0 saturated carbocycles. The van der Waals surface area contributed by atoms with Gasteiger partial charge in [0.2, 0.25) is 11.8 Å². The van der Waals surface area contributed by atoms with Gasteiger partial charge in [-0.15, -0.1) is 0 Å². The number of fused-ring (bicyclic) bond motifs is 4. The molecule has 2 aromatic rings. The zero-order valence-electron chi connectivity index (χ0n) is 18.6. The van der Waals surface area contributed by atoms with E-state index >= 15 is 0 Å². The summed E-state index contributed by atoms with van der Waals surface area (Å²) < 4.78 is 11.3. The quantitative estimate of drug-likeness (QED) is 0.754. The maximum absolute atomic E-state index is 13.3. The summed E-state index contributed by atoms with van der Waals surface area (Å²) in [5.41, 5.74) is 1.15. The Morgan fingerprint density at radius 2 is 1.88 bits per heavy atom. The van der Waals surface area contributed by atoms with E-state index in [4.69, 9.17) is 9.47 Å². The molecule has 3 aliphatic rings. The third kappa shape index (κ3) is 3.79. The van der Waals surface area contributed by atoms with E-state index in [0.717, 1.165) is 6.42 Å². The molecular formula is C25H27N3O5. The molecule has 0 spiro atoms. The molecule has 33 heavy (non-hydrogen) atoms. The molecule has 0 bridgehead atoms. The van der Waals surface area contributed by atoms with Gasteiger partial charge in [-0.1, -0.05) is 12.1 Å². The van der Waals surface area contributed by atoms with Gasteiger partial charge in [0.1, 0.15) is 5.66 Å². The topological polar surface area (TPSA) is 88.2 Å². The second kappa shape index (κ2) is 8.42. The molecule has 3 heterocycles. The molecule has 1 atom stereocenters. The number of amides is 3. The molecule has 0 radical (unpaired) electrons. The Labute approximate surface area is 192 Å². The van der Waals surface area contributed by atoms with Crippen molar-refractivity contribution in [2.24, 2.45) is 0 Å². The second-order valence-electron chi connectivity index (χ2n) is 8.78. The average Bonchev–Trinajstić information content (AvgIpc) is 2.97. The highest BCUT2D eigenvalue weighted by atomic mass is 16.5.